The van der Waals surface area contributed by atoms with Gasteiger partial charge in [0, 0.05) is 17.3 Å². The average Bonchev–Trinajstić information content (AvgIpc) is 2.27. The van der Waals surface area contributed by atoms with Crippen LogP contribution >= 0.6 is 11.8 Å². The molecule has 0 atom stereocenters. The lowest BCUT2D eigenvalue weighted by Gasteiger charge is -2.18. The summed E-state index contributed by atoms with van der Waals surface area (Å²) in [6.45, 7) is 2.82. The molecule has 2 rings (SSSR count). The minimum Gasteiger partial charge on any atom is -0.465 e. The first-order valence-electron chi connectivity index (χ1n) is 4.77. The monoisotopic (exact) mass is 223 g/mol. The number of carbonyl (C=O) groups excluding carboxylic acids is 1. The van der Waals surface area contributed by atoms with Crippen molar-refractivity contribution in [3.05, 3.63) is 28.8 Å². The molecule has 1 aliphatic rings. The van der Waals surface area contributed by atoms with Gasteiger partial charge in [0.15, 0.2) is 0 Å². The van der Waals surface area contributed by atoms with Crippen LogP contribution in [0.4, 0.5) is 0 Å². The summed E-state index contributed by atoms with van der Waals surface area (Å²) in [5.74, 6) is 0.644. The second-order valence-electron chi connectivity index (χ2n) is 3.48. The zero-order chi connectivity index (χ0) is 10.8. The van der Waals surface area contributed by atoms with E-state index in [4.69, 9.17) is 4.74 Å². The maximum absolute atomic E-state index is 11.5. The first-order valence-corrected chi connectivity index (χ1v) is 5.76. The Morgan fingerprint density at radius 1 is 1.53 bits per heavy atom. The number of hydrogen-bond donors (Lipinski definition) is 1. The Morgan fingerprint density at radius 2 is 2.33 bits per heavy atom. The SMILES string of the molecule is COC(=O)c1cc2c(cc1C)CNCS2. The molecule has 15 heavy (non-hydrogen) atoms. The summed E-state index contributed by atoms with van der Waals surface area (Å²) in [4.78, 5) is 12.7. The van der Waals surface area contributed by atoms with Crippen molar-refractivity contribution in [3.63, 3.8) is 0 Å². The molecular weight excluding hydrogens is 210 g/mol. The molecular formula is C11H13NO2S. The first kappa shape index (κ1) is 10.5. The molecule has 1 aromatic carbocycles. The number of hydrogen-bond acceptors (Lipinski definition) is 4. The van der Waals surface area contributed by atoms with E-state index in [-0.39, 0.29) is 5.97 Å². The smallest absolute Gasteiger partial charge is 0.338 e. The lowest BCUT2D eigenvalue weighted by atomic mass is 10.0. The second kappa shape index (κ2) is 4.24. The maximum atomic E-state index is 11.5. The molecule has 0 bridgehead atoms. The van der Waals surface area contributed by atoms with E-state index in [1.165, 1.54) is 17.6 Å². The van der Waals surface area contributed by atoms with Crippen molar-refractivity contribution < 1.29 is 9.53 Å². The maximum Gasteiger partial charge on any atom is 0.338 e. The molecule has 0 aliphatic carbocycles. The molecule has 0 fully saturated rings. The van der Waals surface area contributed by atoms with E-state index in [1.54, 1.807) is 11.8 Å². The standard InChI is InChI=1S/C11H13NO2S/c1-7-3-8-5-12-6-15-10(8)4-9(7)11(13)14-2/h3-4,12H,5-6H2,1-2H3. The molecule has 1 heterocycles. The number of nitrogens with one attached hydrogen (secondary N) is 1. The number of rotatable bonds is 1. The summed E-state index contributed by atoms with van der Waals surface area (Å²) in [7, 11) is 1.41. The molecule has 0 unspecified atom stereocenters. The van der Waals surface area contributed by atoms with E-state index in [9.17, 15) is 4.79 Å². The predicted molar refractivity (Wildman–Crippen MR) is 60.1 cm³/mol. The third kappa shape index (κ3) is 2.01. The second-order valence-corrected chi connectivity index (χ2v) is 4.50. The lowest BCUT2D eigenvalue weighted by Crippen LogP contribution is -2.18. The van der Waals surface area contributed by atoms with Crippen molar-refractivity contribution in [3.8, 4) is 0 Å². The van der Waals surface area contributed by atoms with Crippen LogP contribution in [0.1, 0.15) is 21.5 Å². The molecule has 1 N–H and O–H groups in total. The molecule has 1 aliphatic heterocycles. The summed E-state index contributed by atoms with van der Waals surface area (Å²) in [5, 5.41) is 3.28. The molecule has 80 valence electrons. The summed E-state index contributed by atoms with van der Waals surface area (Å²) in [6.07, 6.45) is 0. The fraction of sp³-hybridized carbons (Fsp3) is 0.364. The van der Waals surface area contributed by atoms with E-state index in [0.717, 1.165) is 18.0 Å². The van der Waals surface area contributed by atoms with E-state index in [1.807, 2.05) is 13.0 Å². The van der Waals surface area contributed by atoms with Crippen molar-refractivity contribution in [1.29, 1.82) is 0 Å². The Kier molecular flexibility index (Phi) is 2.98. The van der Waals surface area contributed by atoms with Gasteiger partial charge in [0.2, 0.25) is 0 Å². The number of fused-ring (bicyclic) bond motifs is 1. The summed E-state index contributed by atoms with van der Waals surface area (Å²) < 4.78 is 4.74. The van der Waals surface area contributed by atoms with E-state index in [0.29, 0.717) is 5.56 Å². The number of benzene rings is 1. The van der Waals surface area contributed by atoms with Gasteiger partial charge in [-0.2, -0.15) is 0 Å². The summed E-state index contributed by atoms with van der Waals surface area (Å²) in [5.41, 5.74) is 2.91. The quantitative estimate of drug-likeness (QED) is 0.738. The van der Waals surface area contributed by atoms with Gasteiger partial charge in [0.05, 0.1) is 12.7 Å². The topological polar surface area (TPSA) is 38.3 Å². The zero-order valence-corrected chi connectivity index (χ0v) is 9.61. The highest BCUT2D eigenvalue weighted by Gasteiger charge is 2.15. The summed E-state index contributed by atoms with van der Waals surface area (Å²) >= 11 is 1.72. The van der Waals surface area contributed by atoms with Crippen LogP contribution in [0, 0.1) is 6.92 Å². The number of carbonyl (C=O) groups is 1. The fourth-order valence-corrected chi connectivity index (χ4v) is 2.54. The largest absolute Gasteiger partial charge is 0.465 e. The van der Waals surface area contributed by atoms with Crippen LogP contribution < -0.4 is 5.32 Å². The van der Waals surface area contributed by atoms with E-state index >= 15 is 0 Å². The molecule has 1 aromatic rings. The van der Waals surface area contributed by atoms with Crippen molar-refractivity contribution in [2.45, 2.75) is 18.4 Å². The third-order valence-corrected chi connectivity index (χ3v) is 3.50. The normalized spacial score (nSPS) is 14.5. The van der Waals surface area contributed by atoms with Crippen molar-refractivity contribution >= 4 is 17.7 Å². The Hall–Kier alpha value is -1.00. The minimum atomic E-state index is -0.255. The highest BCUT2D eigenvalue weighted by Crippen LogP contribution is 2.28. The molecule has 0 saturated heterocycles. The van der Waals surface area contributed by atoms with Crippen molar-refractivity contribution in [2.75, 3.05) is 13.0 Å². The van der Waals surface area contributed by atoms with Gasteiger partial charge in [-0.05, 0) is 24.1 Å². The van der Waals surface area contributed by atoms with Crippen molar-refractivity contribution in [1.82, 2.24) is 5.32 Å². The van der Waals surface area contributed by atoms with Gasteiger partial charge in [0.1, 0.15) is 0 Å². The summed E-state index contributed by atoms with van der Waals surface area (Å²) in [6, 6.07) is 3.99. The zero-order valence-electron chi connectivity index (χ0n) is 8.79. The van der Waals surface area contributed by atoms with Gasteiger partial charge in [-0.25, -0.2) is 4.79 Å². The number of thioether (sulfide) groups is 1. The molecule has 0 saturated carbocycles. The number of methoxy groups -OCH3 is 1. The Bertz CT molecular complexity index is 404. The van der Waals surface area contributed by atoms with Crippen LogP contribution in [-0.4, -0.2) is 19.0 Å². The van der Waals surface area contributed by atoms with E-state index in [2.05, 4.69) is 11.4 Å². The van der Waals surface area contributed by atoms with E-state index < -0.39 is 0 Å². The molecule has 0 amide bonds. The minimum absolute atomic E-state index is 0.255. The predicted octanol–water partition coefficient (Wildman–Crippen LogP) is 1.93. The molecule has 0 aromatic heterocycles. The van der Waals surface area contributed by atoms with Gasteiger partial charge in [-0.3, -0.25) is 0 Å². The third-order valence-electron chi connectivity index (χ3n) is 2.46. The molecule has 3 nitrogen and oxygen atoms in total. The van der Waals surface area contributed by atoms with Crippen LogP contribution in [0.15, 0.2) is 17.0 Å². The van der Waals surface area contributed by atoms with Crippen LogP contribution in [0.3, 0.4) is 0 Å². The van der Waals surface area contributed by atoms with Gasteiger partial charge in [0.25, 0.3) is 0 Å². The van der Waals surface area contributed by atoms with Gasteiger partial charge < -0.3 is 10.1 Å². The molecule has 0 spiro atoms. The van der Waals surface area contributed by atoms with Crippen LogP contribution in [-0.2, 0) is 11.3 Å². The average molecular weight is 223 g/mol. The first-order chi connectivity index (χ1) is 7.22. The number of esters is 1. The highest BCUT2D eigenvalue weighted by molar-refractivity contribution is 7.99. The van der Waals surface area contributed by atoms with Crippen LogP contribution in [0.2, 0.25) is 0 Å². The van der Waals surface area contributed by atoms with Gasteiger partial charge >= 0.3 is 5.97 Å². The Balaban J connectivity index is 2.44. The lowest BCUT2D eigenvalue weighted by molar-refractivity contribution is 0.0599. The van der Waals surface area contributed by atoms with Crippen molar-refractivity contribution in [2.24, 2.45) is 0 Å². The molecule has 4 heteroatoms. The number of aryl methyl sites for hydroxylation is 1. The molecule has 0 radical (unpaired) electrons. The fourth-order valence-electron chi connectivity index (χ4n) is 1.66. The van der Waals surface area contributed by atoms with Gasteiger partial charge in [-0.15, -0.1) is 11.8 Å². The van der Waals surface area contributed by atoms with Gasteiger partial charge in [-0.1, -0.05) is 6.07 Å². The highest BCUT2D eigenvalue weighted by atomic mass is 32.2. The Labute approximate surface area is 93.2 Å². The van der Waals surface area contributed by atoms with Crippen LogP contribution in [0.5, 0.6) is 0 Å². The van der Waals surface area contributed by atoms with Crippen LogP contribution in [0.25, 0.3) is 0 Å². The number of ether oxygens (including phenoxy) is 1. The Morgan fingerprint density at radius 3 is 3.07 bits per heavy atom.